The first-order chi connectivity index (χ1) is 10.6. The van der Waals surface area contributed by atoms with E-state index in [9.17, 15) is 0 Å². The van der Waals surface area contributed by atoms with Crippen molar-refractivity contribution in [3.8, 4) is 0 Å². The van der Waals surface area contributed by atoms with E-state index in [4.69, 9.17) is 27.8 Å². The van der Waals surface area contributed by atoms with Crippen molar-refractivity contribution in [3.05, 3.63) is 0 Å². The van der Waals surface area contributed by atoms with Gasteiger partial charge in [-0.05, 0) is 34.6 Å². The van der Waals surface area contributed by atoms with Crippen molar-refractivity contribution in [2.24, 2.45) is 0 Å². The zero-order valence-electron chi connectivity index (χ0n) is 14.6. The fraction of sp³-hybridized carbons (Fsp3) is 1.00. The SMILES string of the molecule is CCO[SiH](OCC)C(CC(C)OCC1CO1)(OCC)OCC. The second-order valence-electron chi connectivity index (χ2n) is 5.22. The van der Waals surface area contributed by atoms with Gasteiger partial charge in [0, 0.05) is 32.8 Å². The molecule has 7 heteroatoms. The van der Waals surface area contributed by atoms with Crippen LogP contribution in [0.1, 0.15) is 41.0 Å². The van der Waals surface area contributed by atoms with Gasteiger partial charge < -0.3 is 27.8 Å². The highest BCUT2D eigenvalue weighted by molar-refractivity contribution is 6.47. The van der Waals surface area contributed by atoms with Crippen LogP contribution in [0.2, 0.25) is 0 Å². The Labute approximate surface area is 136 Å². The monoisotopic (exact) mass is 336 g/mol. The zero-order valence-corrected chi connectivity index (χ0v) is 15.8. The maximum atomic E-state index is 6.01. The van der Waals surface area contributed by atoms with Gasteiger partial charge in [-0.3, -0.25) is 0 Å². The topological polar surface area (TPSA) is 58.7 Å². The van der Waals surface area contributed by atoms with Gasteiger partial charge in [0.2, 0.25) is 5.41 Å². The van der Waals surface area contributed by atoms with Crippen molar-refractivity contribution >= 4 is 9.28 Å². The summed E-state index contributed by atoms with van der Waals surface area (Å²) in [7, 11) is -2.17. The summed E-state index contributed by atoms with van der Waals surface area (Å²) >= 11 is 0. The molecule has 22 heavy (non-hydrogen) atoms. The summed E-state index contributed by atoms with van der Waals surface area (Å²) in [5, 5.41) is 0. The third-order valence-corrected chi connectivity index (χ3v) is 5.87. The third kappa shape index (κ3) is 6.62. The molecule has 0 aliphatic carbocycles. The van der Waals surface area contributed by atoms with Crippen molar-refractivity contribution < 1.29 is 27.8 Å². The van der Waals surface area contributed by atoms with Gasteiger partial charge in [0.1, 0.15) is 6.10 Å². The Morgan fingerprint density at radius 1 is 1.05 bits per heavy atom. The molecule has 132 valence electrons. The van der Waals surface area contributed by atoms with E-state index in [1.165, 1.54) is 0 Å². The molecule has 2 unspecified atom stereocenters. The molecule has 0 aromatic carbocycles. The highest BCUT2D eigenvalue weighted by Gasteiger charge is 2.47. The average Bonchev–Trinajstić information content (AvgIpc) is 3.29. The predicted molar refractivity (Wildman–Crippen MR) is 86.2 cm³/mol. The molecule has 1 aliphatic rings. The minimum absolute atomic E-state index is 0.0155. The summed E-state index contributed by atoms with van der Waals surface area (Å²) in [6.45, 7) is 13.5. The summed E-state index contributed by atoms with van der Waals surface area (Å²) in [6, 6.07) is 0. The molecule has 0 bridgehead atoms. The van der Waals surface area contributed by atoms with E-state index in [0.29, 0.717) is 39.5 Å². The first kappa shape index (κ1) is 20.0. The van der Waals surface area contributed by atoms with Crippen molar-refractivity contribution in [2.45, 2.75) is 58.7 Å². The van der Waals surface area contributed by atoms with Gasteiger partial charge in [0.25, 0.3) is 0 Å². The Morgan fingerprint density at radius 3 is 2.00 bits per heavy atom. The quantitative estimate of drug-likeness (QED) is 0.274. The Morgan fingerprint density at radius 2 is 1.59 bits per heavy atom. The van der Waals surface area contributed by atoms with E-state index in [2.05, 4.69) is 0 Å². The highest BCUT2D eigenvalue weighted by atomic mass is 28.3. The maximum Gasteiger partial charge on any atom is 0.384 e. The van der Waals surface area contributed by atoms with E-state index in [1.807, 2.05) is 34.6 Å². The summed E-state index contributed by atoms with van der Waals surface area (Å²) < 4.78 is 34.8. The molecule has 1 rings (SSSR count). The number of hydrogen-bond acceptors (Lipinski definition) is 6. The molecule has 2 atom stereocenters. The van der Waals surface area contributed by atoms with Crippen LogP contribution in [0.5, 0.6) is 0 Å². The summed E-state index contributed by atoms with van der Waals surface area (Å²) in [5.74, 6) is 0. The Balaban J connectivity index is 2.74. The minimum atomic E-state index is -2.17. The van der Waals surface area contributed by atoms with Gasteiger partial charge in [0.15, 0.2) is 0 Å². The predicted octanol–water partition coefficient (Wildman–Crippen LogP) is 1.78. The lowest BCUT2D eigenvalue weighted by Gasteiger charge is -2.39. The van der Waals surface area contributed by atoms with E-state index < -0.39 is 14.7 Å². The number of rotatable bonds is 14. The van der Waals surface area contributed by atoms with Crippen molar-refractivity contribution in [3.63, 3.8) is 0 Å². The van der Waals surface area contributed by atoms with E-state index in [-0.39, 0.29) is 12.2 Å². The zero-order chi connectivity index (χ0) is 16.4. The van der Waals surface area contributed by atoms with E-state index >= 15 is 0 Å². The molecule has 0 aromatic rings. The number of epoxide rings is 1. The molecule has 1 saturated heterocycles. The van der Waals surface area contributed by atoms with Crippen LogP contribution in [0.15, 0.2) is 0 Å². The summed E-state index contributed by atoms with van der Waals surface area (Å²) in [5.41, 5.74) is -0.820. The van der Waals surface area contributed by atoms with Crippen LogP contribution < -0.4 is 0 Å². The molecule has 1 fully saturated rings. The fourth-order valence-corrected chi connectivity index (χ4v) is 4.72. The lowest BCUT2D eigenvalue weighted by Crippen LogP contribution is -2.56. The third-order valence-electron chi connectivity index (χ3n) is 3.31. The van der Waals surface area contributed by atoms with Crippen LogP contribution in [0.25, 0.3) is 0 Å². The smallest absolute Gasteiger partial charge is 0.384 e. The Bertz CT molecular complexity index is 275. The standard InChI is InChI=1S/C15H32O6Si/c1-6-18-15(19-7-2,22(20-8-3)21-9-4)10-13(5)16-11-14-12-17-14/h13-14,22H,6-12H2,1-5H3. The van der Waals surface area contributed by atoms with Gasteiger partial charge in [-0.2, -0.15) is 0 Å². The Hall–Kier alpha value is -0.0231. The molecule has 0 saturated carbocycles. The van der Waals surface area contributed by atoms with Gasteiger partial charge in [-0.1, -0.05) is 0 Å². The fourth-order valence-electron chi connectivity index (χ4n) is 2.38. The van der Waals surface area contributed by atoms with Crippen LogP contribution in [0, 0.1) is 0 Å². The molecule has 0 amide bonds. The highest BCUT2D eigenvalue weighted by Crippen LogP contribution is 2.27. The van der Waals surface area contributed by atoms with E-state index in [1.54, 1.807) is 0 Å². The largest absolute Gasteiger partial charge is 0.394 e. The molecular weight excluding hydrogens is 304 g/mol. The lowest BCUT2D eigenvalue weighted by atomic mass is 10.2. The van der Waals surface area contributed by atoms with Crippen LogP contribution in [-0.4, -0.2) is 66.5 Å². The van der Waals surface area contributed by atoms with Crippen LogP contribution in [-0.2, 0) is 27.8 Å². The molecule has 0 spiro atoms. The average molecular weight is 337 g/mol. The first-order valence-corrected chi connectivity index (χ1v) is 9.88. The van der Waals surface area contributed by atoms with Crippen LogP contribution in [0.4, 0.5) is 0 Å². The van der Waals surface area contributed by atoms with Gasteiger partial charge in [-0.25, -0.2) is 0 Å². The second-order valence-corrected chi connectivity index (χ2v) is 7.43. The lowest BCUT2D eigenvalue weighted by molar-refractivity contribution is -0.212. The van der Waals surface area contributed by atoms with Crippen LogP contribution >= 0.6 is 0 Å². The number of hydrogen-bond donors (Lipinski definition) is 0. The summed E-state index contributed by atoms with van der Waals surface area (Å²) in [4.78, 5) is 0. The summed E-state index contributed by atoms with van der Waals surface area (Å²) in [6.07, 6.45) is 0.833. The molecule has 0 radical (unpaired) electrons. The van der Waals surface area contributed by atoms with Gasteiger partial charge in [-0.15, -0.1) is 0 Å². The number of ether oxygens (including phenoxy) is 4. The normalized spacial score (nSPS) is 19.6. The van der Waals surface area contributed by atoms with Crippen LogP contribution in [0.3, 0.4) is 0 Å². The molecule has 1 heterocycles. The van der Waals surface area contributed by atoms with Gasteiger partial charge >= 0.3 is 9.28 Å². The van der Waals surface area contributed by atoms with Gasteiger partial charge in [0.05, 0.1) is 19.3 Å². The maximum absolute atomic E-state index is 6.01. The van der Waals surface area contributed by atoms with Crippen molar-refractivity contribution in [1.82, 2.24) is 0 Å². The molecular formula is C15H32O6Si. The second kappa shape index (κ2) is 10.7. The molecule has 1 aliphatic heterocycles. The molecule has 6 nitrogen and oxygen atoms in total. The van der Waals surface area contributed by atoms with Crippen molar-refractivity contribution in [1.29, 1.82) is 0 Å². The van der Waals surface area contributed by atoms with Crippen molar-refractivity contribution in [2.75, 3.05) is 39.6 Å². The first-order valence-electron chi connectivity index (χ1n) is 8.36. The minimum Gasteiger partial charge on any atom is -0.394 e. The van der Waals surface area contributed by atoms with E-state index in [0.717, 1.165) is 6.61 Å². The Kier molecular flexibility index (Phi) is 9.73. The molecule has 0 aromatic heterocycles. The molecule has 0 N–H and O–H groups in total.